The number of hydrogen-bond acceptors (Lipinski definition) is 5. The number of carbonyl (C=O) groups is 2. The van der Waals surface area contributed by atoms with Gasteiger partial charge in [-0.3, -0.25) is 4.79 Å². The predicted molar refractivity (Wildman–Crippen MR) is 91.7 cm³/mol. The third-order valence-corrected chi connectivity index (χ3v) is 3.69. The van der Waals surface area contributed by atoms with E-state index in [0.717, 1.165) is 22.9 Å². The number of rotatable bonds is 5. The fourth-order valence-corrected chi connectivity index (χ4v) is 2.37. The predicted octanol–water partition coefficient (Wildman–Crippen LogP) is 3.22. The van der Waals surface area contributed by atoms with Crippen LogP contribution in [0.2, 0.25) is 0 Å². The van der Waals surface area contributed by atoms with Crippen molar-refractivity contribution < 1.29 is 31.9 Å². The Balaban J connectivity index is 1.76. The van der Waals surface area contributed by atoms with Gasteiger partial charge in [0.15, 0.2) is 6.61 Å². The first-order valence-electron chi connectivity index (χ1n) is 8.03. The molecule has 29 heavy (non-hydrogen) atoms. The highest BCUT2D eigenvalue weighted by Crippen LogP contribution is 2.33. The molecule has 0 bridgehead atoms. The van der Waals surface area contributed by atoms with Crippen LogP contribution in [0.3, 0.4) is 0 Å². The van der Waals surface area contributed by atoms with Crippen molar-refractivity contribution in [2.24, 2.45) is 0 Å². The first-order valence-corrected chi connectivity index (χ1v) is 8.03. The van der Waals surface area contributed by atoms with Gasteiger partial charge in [-0.25, -0.2) is 18.9 Å². The van der Waals surface area contributed by atoms with Crippen molar-refractivity contribution in [3.05, 3.63) is 72.1 Å². The summed E-state index contributed by atoms with van der Waals surface area (Å²) in [6, 6.07) is 7.65. The van der Waals surface area contributed by atoms with Crippen molar-refractivity contribution in [2.45, 2.75) is 6.18 Å². The maximum absolute atomic E-state index is 13.6. The monoisotopic (exact) mass is 408 g/mol. The van der Waals surface area contributed by atoms with E-state index in [9.17, 15) is 27.2 Å². The van der Waals surface area contributed by atoms with Crippen LogP contribution < -0.4 is 5.32 Å². The number of benzene rings is 2. The van der Waals surface area contributed by atoms with Crippen LogP contribution in [0.25, 0.3) is 5.69 Å². The highest BCUT2D eigenvalue weighted by atomic mass is 19.4. The minimum Gasteiger partial charge on any atom is -0.452 e. The maximum Gasteiger partial charge on any atom is 0.416 e. The first-order chi connectivity index (χ1) is 13.8. The van der Waals surface area contributed by atoms with Gasteiger partial charge in [0.25, 0.3) is 5.91 Å². The zero-order valence-electron chi connectivity index (χ0n) is 14.5. The summed E-state index contributed by atoms with van der Waals surface area (Å²) in [6.45, 7) is -0.833. The van der Waals surface area contributed by atoms with Crippen molar-refractivity contribution in [2.75, 3.05) is 11.9 Å². The summed E-state index contributed by atoms with van der Waals surface area (Å²) in [5.41, 5.74) is -1.48. The lowest BCUT2D eigenvalue weighted by Gasteiger charge is -2.14. The molecule has 11 heteroatoms. The van der Waals surface area contributed by atoms with Gasteiger partial charge >= 0.3 is 12.1 Å². The van der Waals surface area contributed by atoms with E-state index in [2.05, 4.69) is 15.4 Å². The van der Waals surface area contributed by atoms with E-state index in [1.165, 1.54) is 30.9 Å². The van der Waals surface area contributed by atoms with Gasteiger partial charge in [0.1, 0.15) is 18.5 Å². The quantitative estimate of drug-likeness (QED) is 0.518. The van der Waals surface area contributed by atoms with Crippen LogP contribution in [0.5, 0.6) is 0 Å². The summed E-state index contributed by atoms with van der Waals surface area (Å²) in [5.74, 6) is -2.83. The van der Waals surface area contributed by atoms with Gasteiger partial charge in [0, 0.05) is 0 Å². The molecular formula is C18H12F4N4O3. The molecule has 0 radical (unpaired) electrons. The molecule has 0 spiro atoms. The molecule has 0 unspecified atom stereocenters. The molecule has 0 saturated heterocycles. The van der Waals surface area contributed by atoms with Gasteiger partial charge in [-0.2, -0.15) is 18.3 Å². The van der Waals surface area contributed by atoms with E-state index in [4.69, 9.17) is 4.74 Å². The molecular weight excluding hydrogens is 396 g/mol. The zero-order valence-corrected chi connectivity index (χ0v) is 14.5. The summed E-state index contributed by atoms with van der Waals surface area (Å²) in [7, 11) is 0. The molecule has 1 N–H and O–H groups in total. The minimum atomic E-state index is -4.64. The van der Waals surface area contributed by atoms with Crippen molar-refractivity contribution >= 4 is 17.6 Å². The van der Waals surface area contributed by atoms with E-state index in [1.54, 1.807) is 0 Å². The topological polar surface area (TPSA) is 86.1 Å². The summed E-state index contributed by atoms with van der Waals surface area (Å²) in [5, 5.41) is 6.05. The number of aromatic nitrogens is 3. The molecule has 0 aliphatic carbocycles. The number of anilines is 1. The highest BCUT2D eigenvalue weighted by Gasteiger charge is 2.31. The Bertz CT molecular complexity index is 1040. The van der Waals surface area contributed by atoms with Gasteiger partial charge in [-0.1, -0.05) is 12.1 Å². The zero-order chi connectivity index (χ0) is 21.0. The lowest BCUT2D eigenvalue weighted by atomic mass is 10.1. The Morgan fingerprint density at radius 3 is 2.55 bits per heavy atom. The number of alkyl halides is 3. The molecule has 3 aromatic rings. The second-order valence-electron chi connectivity index (χ2n) is 5.67. The number of amides is 1. The summed E-state index contributed by atoms with van der Waals surface area (Å²) < 4.78 is 58.5. The second-order valence-corrected chi connectivity index (χ2v) is 5.67. The molecule has 0 aliphatic rings. The number of esters is 1. The van der Waals surface area contributed by atoms with Crippen LogP contribution in [0.15, 0.2) is 55.1 Å². The Morgan fingerprint density at radius 2 is 1.90 bits per heavy atom. The van der Waals surface area contributed by atoms with E-state index >= 15 is 0 Å². The first kappa shape index (κ1) is 20.0. The number of ether oxygens (including phenoxy) is 1. The van der Waals surface area contributed by atoms with Crippen LogP contribution in [-0.4, -0.2) is 33.2 Å². The normalized spacial score (nSPS) is 11.2. The van der Waals surface area contributed by atoms with E-state index in [-0.39, 0.29) is 16.9 Å². The number of nitrogens with zero attached hydrogens (tertiary/aromatic N) is 3. The molecule has 1 heterocycles. The average molecular weight is 408 g/mol. The SMILES string of the molecule is O=C(COC(=O)c1ccccc1F)Nc1cc(C(F)(F)F)ccc1-n1cncn1. The van der Waals surface area contributed by atoms with Crippen molar-refractivity contribution in [1.82, 2.24) is 14.8 Å². The van der Waals surface area contributed by atoms with Crippen LogP contribution in [0, 0.1) is 5.82 Å². The summed E-state index contributed by atoms with van der Waals surface area (Å²) in [4.78, 5) is 27.7. The molecule has 0 aliphatic heterocycles. The molecule has 0 fully saturated rings. The Labute approximate surface area is 160 Å². The highest BCUT2D eigenvalue weighted by molar-refractivity contribution is 5.96. The standard InChI is InChI=1S/C18H12F4N4O3/c19-13-4-2-1-3-12(13)17(28)29-8-16(27)25-14-7-11(18(20,21)22)5-6-15(14)26-10-23-9-24-26/h1-7,9-10H,8H2,(H,25,27). The van der Waals surface area contributed by atoms with Gasteiger partial charge < -0.3 is 10.1 Å². The van der Waals surface area contributed by atoms with Crippen molar-refractivity contribution in [1.29, 1.82) is 0 Å². The average Bonchev–Trinajstić information content (AvgIpc) is 3.20. The number of hydrogen-bond donors (Lipinski definition) is 1. The third kappa shape index (κ3) is 4.75. The largest absolute Gasteiger partial charge is 0.452 e. The van der Waals surface area contributed by atoms with Gasteiger partial charge in [-0.05, 0) is 30.3 Å². The van der Waals surface area contributed by atoms with E-state index in [0.29, 0.717) is 6.07 Å². The molecule has 150 valence electrons. The third-order valence-electron chi connectivity index (χ3n) is 3.69. The summed E-state index contributed by atoms with van der Waals surface area (Å²) >= 11 is 0. The molecule has 3 rings (SSSR count). The fourth-order valence-electron chi connectivity index (χ4n) is 2.37. The lowest BCUT2D eigenvalue weighted by Crippen LogP contribution is -2.22. The molecule has 1 amide bonds. The molecule has 0 atom stereocenters. The van der Waals surface area contributed by atoms with Crippen molar-refractivity contribution in [3.63, 3.8) is 0 Å². The van der Waals surface area contributed by atoms with Crippen LogP contribution in [0.4, 0.5) is 23.2 Å². The van der Waals surface area contributed by atoms with Gasteiger partial charge in [0.2, 0.25) is 0 Å². The van der Waals surface area contributed by atoms with Crippen LogP contribution >= 0.6 is 0 Å². The molecule has 2 aromatic carbocycles. The smallest absolute Gasteiger partial charge is 0.416 e. The minimum absolute atomic E-state index is 0.115. The van der Waals surface area contributed by atoms with Gasteiger partial charge in [0.05, 0.1) is 22.5 Å². The van der Waals surface area contributed by atoms with Crippen molar-refractivity contribution in [3.8, 4) is 5.69 Å². The number of nitrogens with one attached hydrogen (secondary N) is 1. The molecule has 1 aromatic heterocycles. The fraction of sp³-hybridized carbons (Fsp3) is 0.111. The number of carbonyl (C=O) groups excluding carboxylic acids is 2. The molecule has 7 nitrogen and oxygen atoms in total. The van der Waals surface area contributed by atoms with Gasteiger partial charge in [-0.15, -0.1) is 0 Å². The molecule has 0 saturated carbocycles. The maximum atomic E-state index is 13.6. The Kier molecular flexibility index (Phi) is 5.57. The lowest BCUT2D eigenvalue weighted by molar-refractivity contribution is -0.137. The Morgan fingerprint density at radius 1 is 1.14 bits per heavy atom. The Hall–Kier alpha value is -3.76. The van der Waals surface area contributed by atoms with Crippen LogP contribution in [-0.2, 0) is 15.7 Å². The van der Waals surface area contributed by atoms with Crippen LogP contribution in [0.1, 0.15) is 15.9 Å². The van der Waals surface area contributed by atoms with E-state index < -0.39 is 36.0 Å². The number of halogens is 4. The van der Waals surface area contributed by atoms with E-state index in [1.807, 2.05) is 0 Å². The summed E-state index contributed by atoms with van der Waals surface area (Å²) in [6.07, 6.45) is -2.24. The second kappa shape index (κ2) is 8.09.